The van der Waals surface area contributed by atoms with Crippen LogP contribution in [0.15, 0.2) is 24.3 Å². The van der Waals surface area contributed by atoms with Crippen molar-refractivity contribution in [3.8, 4) is 0 Å². The molecule has 0 spiro atoms. The third-order valence-electron chi connectivity index (χ3n) is 2.05. The van der Waals surface area contributed by atoms with Crippen LogP contribution in [0.2, 0.25) is 0 Å². The zero-order valence-corrected chi connectivity index (χ0v) is 12.2. The minimum atomic E-state index is -0.930. The van der Waals surface area contributed by atoms with Crippen molar-refractivity contribution in [1.82, 2.24) is 0 Å². The molecule has 0 aliphatic rings. The van der Waals surface area contributed by atoms with Crippen molar-refractivity contribution in [2.24, 2.45) is 0 Å². The van der Waals surface area contributed by atoms with E-state index in [0.29, 0.717) is 12.8 Å². The van der Waals surface area contributed by atoms with Crippen molar-refractivity contribution >= 4 is 11.9 Å². The standard InChI is InChI=1S/2C7H12O3/c1-5(7(9)10)3-4-6(2)8;1-3-7(9)10-5-4-6(2)8/h3,6,8H,4H2,1-2H3,(H,9,10);3,6,8H,1,4-5H2,2H3. The molecule has 20 heavy (non-hydrogen) atoms. The number of carbonyl (C=O) groups excluding carboxylic acids is 1. The van der Waals surface area contributed by atoms with E-state index in [1.807, 2.05) is 0 Å². The topological polar surface area (TPSA) is 104 Å². The molecule has 0 bridgehead atoms. The average molecular weight is 288 g/mol. The van der Waals surface area contributed by atoms with Gasteiger partial charge in [-0.05, 0) is 27.2 Å². The molecule has 0 radical (unpaired) electrons. The fraction of sp³-hybridized carbons (Fsp3) is 0.571. The van der Waals surface area contributed by atoms with E-state index in [-0.39, 0.29) is 12.2 Å². The number of hydrogen-bond donors (Lipinski definition) is 3. The highest BCUT2D eigenvalue weighted by Gasteiger charge is 1.99. The maximum atomic E-state index is 10.4. The molecule has 0 saturated carbocycles. The molecule has 6 heteroatoms. The van der Waals surface area contributed by atoms with E-state index >= 15 is 0 Å². The summed E-state index contributed by atoms with van der Waals surface area (Å²) in [5, 5.41) is 25.8. The van der Waals surface area contributed by atoms with Gasteiger partial charge in [0, 0.05) is 18.1 Å². The maximum absolute atomic E-state index is 10.4. The van der Waals surface area contributed by atoms with Crippen molar-refractivity contribution in [3.63, 3.8) is 0 Å². The molecule has 2 unspecified atom stereocenters. The molecule has 0 aliphatic heterocycles. The van der Waals surface area contributed by atoms with Gasteiger partial charge < -0.3 is 20.1 Å². The minimum Gasteiger partial charge on any atom is -0.478 e. The van der Waals surface area contributed by atoms with Gasteiger partial charge in [-0.2, -0.15) is 0 Å². The highest BCUT2D eigenvalue weighted by molar-refractivity contribution is 5.85. The summed E-state index contributed by atoms with van der Waals surface area (Å²) in [7, 11) is 0. The SMILES string of the molecule is C=CC(=O)OCCC(C)O.CC(=CCC(C)O)C(=O)O. The molecule has 0 saturated heterocycles. The first-order valence-corrected chi connectivity index (χ1v) is 6.26. The fourth-order valence-electron chi connectivity index (χ4n) is 0.824. The summed E-state index contributed by atoms with van der Waals surface area (Å²) in [4.78, 5) is 20.5. The number of carbonyl (C=O) groups is 2. The van der Waals surface area contributed by atoms with Crippen LogP contribution in [0.1, 0.15) is 33.6 Å². The molecule has 116 valence electrons. The molecule has 0 aliphatic carbocycles. The van der Waals surface area contributed by atoms with Crippen LogP contribution < -0.4 is 0 Å². The summed E-state index contributed by atoms with van der Waals surface area (Å²) in [6.45, 7) is 8.24. The average Bonchev–Trinajstić information content (AvgIpc) is 2.35. The van der Waals surface area contributed by atoms with Crippen molar-refractivity contribution in [2.75, 3.05) is 6.61 Å². The summed E-state index contributed by atoms with van der Waals surface area (Å²) < 4.78 is 4.58. The Morgan fingerprint density at radius 1 is 1.25 bits per heavy atom. The molecule has 0 heterocycles. The van der Waals surface area contributed by atoms with E-state index in [4.69, 9.17) is 15.3 Å². The van der Waals surface area contributed by atoms with Gasteiger partial charge in [0.25, 0.3) is 0 Å². The Kier molecular flexibility index (Phi) is 12.8. The number of aliphatic hydroxyl groups is 2. The Balaban J connectivity index is 0. The lowest BCUT2D eigenvalue weighted by Crippen LogP contribution is -2.08. The van der Waals surface area contributed by atoms with Crippen LogP contribution in [0.5, 0.6) is 0 Å². The second-order valence-corrected chi connectivity index (χ2v) is 4.29. The zero-order valence-electron chi connectivity index (χ0n) is 12.2. The van der Waals surface area contributed by atoms with E-state index in [2.05, 4.69) is 11.3 Å². The van der Waals surface area contributed by atoms with Gasteiger partial charge >= 0.3 is 11.9 Å². The van der Waals surface area contributed by atoms with Crippen LogP contribution in [-0.2, 0) is 14.3 Å². The van der Waals surface area contributed by atoms with Gasteiger partial charge in [0.1, 0.15) is 0 Å². The molecule has 0 amide bonds. The van der Waals surface area contributed by atoms with Gasteiger partial charge in [0.15, 0.2) is 0 Å². The number of ether oxygens (including phenoxy) is 1. The van der Waals surface area contributed by atoms with Crippen LogP contribution in [-0.4, -0.2) is 46.1 Å². The number of esters is 1. The fourth-order valence-corrected chi connectivity index (χ4v) is 0.824. The van der Waals surface area contributed by atoms with E-state index in [0.717, 1.165) is 6.08 Å². The largest absolute Gasteiger partial charge is 0.478 e. The number of rotatable bonds is 7. The van der Waals surface area contributed by atoms with Crippen LogP contribution in [0, 0.1) is 0 Å². The number of carboxylic acids is 1. The third-order valence-corrected chi connectivity index (χ3v) is 2.05. The lowest BCUT2D eigenvalue weighted by atomic mass is 10.2. The molecule has 3 N–H and O–H groups in total. The lowest BCUT2D eigenvalue weighted by molar-refractivity contribution is -0.138. The Morgan fingerprint density at radius 2 is 1.80 bits per heavy atom. The van der Waals surface area contributed by atoms with Crippen LogP contribution >= 0.6 is 0 Å². The minimum absolute atomic E-state index is 0.252. The van der Waals surface area contributed by atoms with Gasteiger partial charge in [-0.25, -0.2) is 9.59 Å². The van der Waals surface area contributed by atoms with Crippen LogP contribution in [0.3, 0.4) is 0 Å². The Morgan fingerprint density at radius 3 is 2.15 bits per heavy atom. The van der Waals surface area contributed by atoms with Crippen LogP contribution in [0.4, 0.5) is 0 Å². The van der Waals surface area contributed by atoms with Gasteiger partial charge in [-0.1, -0.05) is 12.7 Å². The molecule has 0 aromatic carbocycles. The maximum Gasteiger partial charge on any atom is 0.330 e. The molecular formula is C14H24O6. The van der Waals surface area contributed by atoms with Gasteiger partial charge in [0.05, 0.1) is 18.8 Å². The predicted octanol–water partition coefficient (Wildman–Crippen LogP) is 1.27. The molecule has 0 rings (SSSR count). The van der Waals surface area contributed by atoms with Gasteiger partial charge in [-0.3, -0.25) is 0 Å². The van der Waals surface area contributed by atoms with Gasteiger partial charge in [0.2, 0.25) is 0 Å². The van der Waals surface area contributed by atoms with Crippen molar-refractivity contribution in [3.05, 3.63) is 24.3 Å². The quantitative estimate of drug-likeness (QED) is 0.481. The first-order valence-electron chi connectivity index (χ1n) is 6.26. The second kappa shape index (κ2) is 12.4. The summed E-state index contributed by atoms with van der Waals surface area (Å²) in [6.07, 6.45) is 2.60. The molecule has 0 fully saturated rings. The Hall–Kier alpha value is -1.66. The normalized spacial score (nSPS) is 13.6. The predicted molar refractivity (Wildman–Crippen MR) is 75.1 cm³/mol. The smallest absolute Gasteiger partial charge is 0.330 e. The number of carboxylic acid groups (broad SMARTS) is 1. The Labute approximate surface area is 119 Å². The lowest BCUT2D eigenvalue weighted by Gasteiger charge is -2.02. The highest BCUT2D eigenvalue weighted by Crippen LogP contribution is 1.98. The highest BCUT2D eigenvalue weighted by atomic mass is 16.5. The van der Waals surface area contributed by atoms with Crippen molar-refractivity contribution < 1.29 is 29.6 Å². The van der Waals surface area contributed by atoms with Crippen molar-refractivity contribution in [2.45, 2.75) is 45.8 Å². The van der Waals surface area contributed by atoms with Gasteiger partial charge in [-0.15, -0.1) is 0 Å². The van der Waals surface area contributed by atoms with E-state index in [9.17, 15) is 9.59 Å². The second-order valence-electron chi connectivity index (χ2n) is 4.29. The molecule has 6 nitrogen and oxygen atoms in total. The molecule has 0 aromatic heterocycles. The summed E-state index contributed by atoms with van der Waals surface area (Å²) in [6, 6.07) is 0. The summed E-state index contributed by atoms with van der Waals surface area (Å²) >= 11 is 0. The number of hydrogen-bond acceptors (Lipinski definition) is 5. The number of aliphatic carboxylic acids is 1. The Bertz CT molecular complexity index is 331. The summed E-state index contributed by atoms with van der Waals surface area (Å²) in [5.41, 5.74) is 0.279. The monoisotopic (exact) mass is 288 g/mol. The zero-order chi connectivity index (χ0) is 16.1. The summed E-state index contributed by atoms with van der Waals surface area (Å²) in [5.74, 6) is -1.37. The molecule has 2 atom stereocenters. The molecule has 0 aromatic rings. The first kappa shape index (κ1) is 20.7. The van der Waals surface area contributed by atoms with Crippen LogP contribution in [0.25, 0.3) is 0 Å². The number of aliphatic hydroxyl groups excluding tert-OH is 2. The first-order chi connectivity index (χ1) is 9.20. The molecular weight excluding hydrogens is 264 g/mol. The van der Waals surface area contributed by atoms with E-state index in [1.54, 1.807) is 13.8 Å². The van der Waals surface area contributed by atoms with E-state index < -0.39 is 24.1 Å². The van der Waals surface area contributed by atoms with E-state index in [1.165, 1.54) is 13.0 Å². The van der Waals surface area contributed by atoms with Crippen molar-refractivity contribution in [1.29, 1.82) is 0 Å². The third kappa shape index (κ3) is 16.3.